The highest BCUT2D eigenvalue weighted by Gasteiger charge is 2.51. The van der Waals surface area contributed by atoms with Gasteiger partial charge < -0.3 is 15.0 Å². The summed E-state index contributed by atoms with van der Waals surface area (Å²) in [7, 11) is 0. The molecule has 17 heavy (non-hydrogen) atoms. The lowest BCUT2D eigenvalue weighted by molar-refractivity contribution is -0.160. The van der Waals surface area contributed by atoms with Crippen molar-refractivity contribution in [2.24, 2.45) is 0 Å². The maximum atomic E-state index is 12.8. The number of hydrogen-bond donors (Lipinski definition) is 2. The van der Waals surface area contributed by atoms with Crippen LogP contribution in [0.4, 0.5) is 19.0 Å². The maximum absolute atomic E-state index is 12.8. The van der Waals surface area contributed by atoms with Gasteiger partial charge in [0.1, 0.15) is 11.4 Å². The van der Waals surface area contributed by atoms with Crippen molar-refractivity contribution in [3.8, 4) is 0 Å². The Balaban J connectivity index is 2.47. The summed E-state index contributed by atoms with van der Waals surface area (Å²) in [6.45, 7) is 0.950. The van der Waals surface area contributed by atoms with E-state index in [2.05, 4.69) is 5.32 Å². The van der Waals surface area contributed by atoms with Crippen LogP contribution < -0.4 is 5.32 Å². The summed E-state index contributed by atoms with van der Waals surface area (Å²) in [6, 6.07) is 1.25. The Labute approximate surface area is 94.3 Å². The molecule has 0 aromatic carbocycles. The predicted molar refractivity (Wildman–Crippen MR) is 54.8 cm³/mol. The molecule has 1 aromatic rings. The Kier molecular flexibility index (Phi) is 2.23. The van der Waals surface area contributed by atoms with E-state index in [9.17, 15) is 18.0 Å². The molecule has 0 saturated heterocycles. The summed E-state index contributed by atoms with van der Waals surface area (Å²) in [4.78, 5) is 10.8. The number of rotatable bonds is 1. The van der Waals surface area contributed by atoms with E-state index >= 15 is 0 Å². The summed E-state index contributed by atoms with van der Waals surface area (Å²) in [5.41, 5.74) is -2.45. The van der Waals surface area contributed by atoms with Crippen LogP contribution in [0.5, 0.6) is 0 Å². The number of aromatic nitrogens is 1. The normalized spacial score (nSPS) is 23.1. The van der Waals surface area contributed by atoms with E-state index in [1.54, 1.807) is 0 Å². The number of hydrogen-bond acceptors (Lipinski definition) is 2. The second-order valence-electron chi connectivity index (χ2n) is 3.93. The number of halogens is 3. The van der Waals surface area contributed by atoms with E-state index in [4.69, 9.17) is 5.11 Å². The molecule has 0 aliphatic carbocycles. The molecular formula is C10H9F3N2O2. The molecule has 2 rings (SSSR count). The Bertz CT molecular complexity index is 504. The summed E-state index contributed by atoms with van der Waals surface area (Å²) in [5.74, 6) is -1.34. The van der Waals surface area contributed by atoms with E-state index in [1.807, 2.05) is 0 Å². The van der Waals surface area contributed by atoms with Gasteiger partial charge in [0.05, 0.1) is 0 Å². The van der Waals surface area contributed by atoms with Crippen LogP contribution in [0.15, 0.2) is 18.3 Å². The molecule has 2 heterocycles. The van der Waals surface area contributed by atoms with Crippen LogP contribution in [-0.4, -0.2) is 27.4 Å². The monoisotopic (exact) mass is 246 g/mol. The van der Waals surface area contributed by atoms with Gasteiger partial charge in [0, 0.05) is 12.4 Å². The first-order valence-electron chi connectivity index (χ1n) is 4.73. The molecule has 1 unspecified atom stereocenters. The van der Waals surface area contributed by atoms with Gasteiger partial charge in [-0.1, -0.05) is 0 Å². The number of carboxylic acids is 1. The third-order valence-corrected chi connectivity index (χ3v) is 2.68. The quantitative estimate of drug-likeness (QED) is 0.800. The first-order chi connectivity index (χ1) is 7.74. The lowest BCUT2D eigenvalue weighted by Crippen LogP contribution is -2.49. The smallest absolute Gasteiger partial charge is 0.414 e. The van der Waals surface area contributed by atoms with Crippen LogP contribution in [0.2, 0.25) is 0 Å². The van der Waals surface area contributed by atoms with Gasteiger partial charge in [0.25, 0.3) is 0 Å². The minimum absolute atomic E-state index is 0.0696. The van der Waals surface area contributed by atoms with Crippen molar-refractivity contribution in [2.75, 3.05) is 5.32 Å². The molecule has 0 spiro atoms. The van der Waals surface area contributed by atoms with Crippen LogP contribution in [0.1, 0.15) is 17.3 Å². The minimum atomic E-state index is -4.51. The maximum Gasteiger partial charge on any atom is 0.414 e. The van der Waals surface area contributed by atoms with Crippen molar-refractivity contribution in [3.63, 3.8) is 0 Å². The molecule has 0 bridgehead atoms. The van der Waals surface area contributed by atoms with Crippen molar-refractivity contribution in [2.45, 2.75) is 18.6 Å². The fraction of sp³-hybridized carbons (Fsp3) is 0.300. The highest BCUT2D eigenvalue weighted by molar-refractivity contribution is 5.94. The zero-order valence-corrected chi connectivity index (χ0v) is 8.75. The standard InChI is InChI=1S/C10H9F3N2O2/c1-9(10(11,12)13)3-5-15-4-2-6(8(16)17)7(15)14-9/h2-5,14H,1H3,(H,16,17). The molecule has 7 heteroatoms. The van der Waals surface area contributed by atoms with Crippen LogP contribution in [0.3, 0.4) is 0 Å². The summed E-state index contributed by atoms with van der Waals surface area (Å²) < 4.78 is 39.7. The second kappa shape index (κ2) is 3.28. The number of fused-ring (bicyclic) bond motifs is 1. The number of anilines is 1. The molecule has 1 aromatic heterocycles. The molecule has 92 valence electrons. The van der Waals surface area contributed by atoms with E-state index < -0.39 is 17.7 Å². The molecule has 1 atom stereocenters. The van der Waals surface area contributed by atoms with Gasteiger partial charge in [-0.25, -0.2) is 4.79 Å². The highest BCUT2D eigenvalue weighted by atomic mass is 19.4. The molecular weight excluding hydrogens is 237 g/mol. The number of aromatic carboxylic acids is 1. The molecule has 4 nitrogen and oxygen atoms in total. The van der Waals surface area contributed by atoms with E-state index in [-0.39, 0.29) is 11.4 Å². The van der Waals surface area contributed by atoms with Crippen LogP contribution in [-0.2, 0) is 0 Å². The molecule has 0 amide bonds. The topological polar surface area (TPSA) is 54.3 Å². The summed E-state index contributed by atoms with van der Waals surface area (Å²) in [5, 5.41) is 11.1. The minimum Gasteiger partial charge on any atom is -0.478 e. The van der Waals surface area contributed by atoms with Gasteiger partial charge in [0.2, 0.25) is 0 Å². The lowest BCUT2D eigenvalue weighted by Gasteiger charge is -2.34. The third kappa shape index (κ3) is 1.67. The average Bonchev–Trinajstić information content (AvgIpc) is 2.58. The molecule has 0 fully saturated rings. The van der Waals surface area contributed by atoms with Gasteiger partial charge in [-0.2, -0.15) is 13.2 Å². The van der Waals surface area contributed by atoms with Crippen LogP contribution in [0.25, 0.3) is 6.20 Å². The number of nitrogens with zero attached hydrogens (tertiary/aromatic N) is 1. The number of alkyl halides is 3. The van der Waals surface area contributed by atoms with Crippen molar-refractivity contribution in [1.82, 2.24) is 4.57 Å². The Hall–Kier alpha value is -1.92. The SMILES string of the molecule is CC1(C(F)(F)F)C=Cn2ccc(C(=O)O)c2N1. The zero-order valence-electron chi connectivity index (χ0n) is 8.75. The first kappa shape index (κ1) is 11.6. The average molecular weight is 246 g/mol. The number of nitrogens with one attached hydrogen (secondary N) is 1. The first-order valence-corrected chi connectivity index (χ1v) is 4.73. The lowest BCUT2D eigenvalue weighted by atomic mass is 10.0. The van der Waals surface area contributed by atoms with E-state index in [1.165, 1.54) is 23.0 Å². The second-order valence-corrected chi connectivity index (χ2v) is 3.93. The van der Waals surface area contributed by atoms with Crippen molar-refractivity contribution in [1.29, 1.82) is 0 Å². The summed E-state index contributed by atoms with van der Waals surface area (Å²) >= 11 is 0. The predicted octanol–water partition coefficient (Wildman–Crippen LogP) is 2.40. The molecule has 0 radical (unpaired) electrons. The largest absolute Gasteiger partial charge is 0.478 e. The molecule has 2 N–H and O–H groups in total. The highest BCUT2D eigenvalue weighted by Crippen LogP contribution is 2.38. The number of carbonyl (C=O) groups is 1. The van der Waals surface area contributed by atoms with E-state index in [0.717, 1.165) is 13.0 Å². The fourth-order valence-electron chi connectivity index (χ4n) is 1.56. The fourth-order valence-corrected chi connectivity index (χ4v) is 1.56. The van der Waals surface area contributed by atoms with Gasteiger partial charge >= 0.3 is 12.1 Å². The van der Waals surface area contributed by atoms with Crippen molar-refractivity contribution >= 4 is 18.0 Å². The Morgan fingerprint density at radius 2 is 2.18 bits per heavy atom. The molecule has 1 aliphatic rings. The van der Waals surface area contributed by atoms with Gasteiger partial charge in [-0.05, 0) is 19.1 Å². The Morgan fingerprint density at radius 3 is 2.71 bits per heavy atom. The van der Waals surface area contributed by atoms with Gasteiger partial charge in [-0.3, -0.25) is 0 Å². The number of carboxylic acid groups (broad SMARTS) is 1. The van der Waals surface area contributed by atoms with Crippen molar-refractivity contribution < 1.29 is 23.1 Å². The van der Waals surface area contributed by atoms with Gasteiger partial charge in [0.15, 0.2) is 5.54 Å². The Morgan fingerprint density at radius 1 is 1.53 bits per heavy atom. The van der Waals surface area contributed by atoms with Gasteiger partial charge in [-0.15, -0.1) is 0 Å². The van der Waals surface area contributed by atoms with Crippen molar-refractivity contribution in [3.05, 3.63) is 23.9 Å². The van der Waals surface area contributed by atoms with E-state index in [0.29, 0.717) is 0 Å². The zero-order chi connectivity index (χ0) is 12.8. The molecule has 0 saturated carbocycles. The third-order valence-electron chi connectivity index (χ3n) is 2.68. The van der Waals surface area contributed by atoms with Crippen LogP contribution in [0, 0.1) is 0 Å². The van der Waals surface area contributed by atoms with Crippen LogP contribution >= 0.6 is 0 Å². The summed E-state index contributed by atoms with van der Waals surface area (Å²) in [6.07, 6.45) is -0.968. The molecule has 1 aliphatic heterocycles.